The first-order chi connectivity index (χ1) is 7.58. The number of likely N-dealkylation sites (tertiary alicyclic amines) is 1. The Bertz CT molecular complexity index is 328. The van der Waals surface area contributed by atoms with E-state index in [9.17, 15) is 0 Å². The van der Waals surface area contributed by atoms with E-state index in [2.05, 4.69) is 28.8 Å². The van der Waals surface area contributed by atoms with Crippen LogP contribution in [0.15, 0.2) is 12.7 Å². The maximum atomic E-state index is 6.11. The number of rotatable bonds is 3. The summed E-state index contributed by atoms with van der Waals surface area (Å²) in [5, 5.41) is 4.11. The van der Waals surface area contributed by atoms with E-state index < -0.39 is 0 Å². The van der Waals surface area contributed by atoms with Gasteiger partial charge in [-0.3, -0.25) is 4.68 Å². The summed E-state index contributed by atoms with van der Waals surface area (Å²) in [6.07, 6.45) is 4.43. The summed E-state index contributed by atoms with van der Waals surface area (Å²) in [5.41, 5.74) is 6.33. The molecular formula is C11H23Cl2N5. The van der Waals surface area contributed by atoms with Crippen molar-refractivity contribution < 1.29 is 0 Å². The van der Waals surface area contributed by atoms with Gasteiger partial charge in [0, 0.05) is 19.1 Å². The first kappa shape index (κ1) is 17.6. The summed E-state index contributed by atoms with van der Waals surface area (Å²) < 4.78 is 1.88. The molecule has 1 fully saturated rings. The quantitative estimate of drug-likeness (QED) is 0.910. The van der Waals surface area contributed by atoms with Gasteiger partial charge in [0.05, 0.1) is 6.54 Å². The van der Waals surface area contributed by atoms with Crippen molar-refractivity contribution >= 4 is 24.8 Å². The highest BCUT2D eigenvalue weighted by molar-refractivity contribution is 5.85. The van der Waals surface area contributed by atoms with Gasteiger partial charge < -0.3 is 10.6 Å². The average molecular weight is 296 g/mol. The first-order valence-corrected chi connectivity index (χ1v) is 5.88. The van der Waals surface area contributed by atoms with Crippen molar-refractivity contribution in [3.63, 3.8) is 0 Å². The zero-order chi connectivity index (χ0) is 11.6. The van der Waals surface area contributed by atoms with E-state index in [1.165, 1.54) is 0 Å². The Morgan fingerprint density at radius 2 is 2.06 bits per heavy atom. The third-order valence-electron chi connectivity index (χ3n) is 3.50. The average Bonchev–Trinajstić information content (AvgIpc) is 2.72. The van der Waals surface area contributed by atoms with Crippen LogP contribution in [0.5, 0.6) is 0 Å². The van der Waals surface area contributed by atoms with Gasteiger partial charge in [-0.2, -0.15) is 5.10 Å². The van der Waals surface area contributed by atoms with Crippen molar-refractivity contribution in [1.82, 2.24) is 19.7 Å². The monoisotopic (exact) mass is 295 g/mol. The van der Waals surface area contributed by atoms with Crippen LogP contribution in [0.2, 0.25) is 0 Å². The summed E-state index contributed by atoms with van der Waals surface area (Å²) in [4.78, 5) is 6.40. The molecule has 5 nitrogen and oxygen atoms in total. The van der Waals surface area contributed by atoms with Crippen LogP contribution in [0, 0.1) is 5.41 Å². The van der Waals surface area contributed by atoms with Crippen LogP contribution in [0.3, 0.4) is 0 Å². The van der Waals surface area contributed by atoms with E-state index in [0.717, 1.165) is 32.6 Å². The van der Waals surface area contributed by atoms with Gasteiger partial charge in [0.1, 0.15) is 12.7 Å². The van der Waals surface area contributed by atoms with Gasteiger partial charge in [-0.25, -0.2) is 4.98 Å². The van der Waals surface area contributed by atoms with E-state index in [0.29, 0.717) is 6.04 Å². The Hall–Kier alpha value is -0.360. The molecule has 106 valence electrons. The lowest BCUT2D eigenvalue weighted by Gasteiger charge is -2.42. The number of nitrogens with zero attached hydrogens (tertiary/aromatic N) is 4. The van der Waals surface area contributed by atoms with Gasteiger partial charge in [0.25, 0.3) is 0 Å². The Balaban J connectivity index is 0.00000144. The predicted octanol–water partition coefficient (Wildman–Crippen LogP) is 1.18. The normalized spacial score (nSPS) is 22.9. The number of nitrogens with two attached hydrogens (primary N) is 1. The van der Waals surface area contributed by atoms with E-state index in [-0.39, 0.29) is 30.2 Å². The van der Waals surface area contributed by atoms with Gasteiger partial charge in [0.15, 0.2) is 0 Å². The van der Waals surface area contributed by atoms with Gasteiger partial charge >= 0.3 is 0 Å². The molecule has 2 rings (SSSR count). The molecule has 0 bridgehead atoms. The van der Waals surface area contributed by atoms with Crippen molar-refractivity contribution in [2.45, 2.75) is 32.9 Å². The number of piperidine rings is 1. The van der Waals surface area contributed by atoms with Crippen LogP contribution in [0.25, 0.3) is 0 Å². The van der Waals surface area contributed by atoms with Crippen LogP contribution >= 0.6 is 24.8 Å². The number of hydrogen-bond acceptors (Lipinski definition) is 4. The highest BCUT2D eigenvalue weighted by atomic mass is 35.5. The van der Waals surface area contributed by atoms with Gasteiger partial charge in [-0.1, -0.05) is 13.8 Å². The Morgan fingerprint density at radius 1 is 1.33 bits per heavy atom. The molecule has 2 heterocycles. The minimum atomic E-state index is 0. The Morgan fingerprint density at radius 3 is 2.61 bits per heavy atom. The highest BCUT2D eigenvalue weighted by Crippen LogP contribution is 2.27. The highest BCUT2D eigenvalue weighted by Gasteiger charge is 2.32. The molecule has 1 aliphatic heterocycles. The van der Waals surface area contributed by atoms with Crippen molar-refractivity contribution in [1.29, 1.82) is 0 Å². The lowest BCUT2D eigenvalue weighted by Crippen LogP contribution is -2.52. The van der Waals surface area contributed by atoms with E-state index >= 15 is 0 Å². The van der Waals surface area contributed by atoms with Crippen LogP contribution in [-0.4, -0.2) is 45.3 Å². The van der Waals surface area contributed by atoms with Crippen LogP contribution in [-0.2, 0) is 6.54 Å². The van der Waals surface area contributed by atoms with Crippen LogP contribution in [0.1, 0.15) is 20.3 Å². The summed E-state index contributed by atoms with van der Waals surface area (Å²) in [7, 11) is 0. The molecule has 1 aromatic heterocycles. The Kier molecular flexibility index (Phi) is 7.14. The lowest BCUT2D eigenvalue weighted by atomic mass is 9.80. The third kappa shape index (κ3) is 4.39. The SMILES string of the molecule is CC1(C)CN(CCn2cncn2)CCC1N.Cl.Cl. The molecule has 0 radical (unpaired) electrons. The van der Waals surface area contributed by atoms with Crippen molar-refractivity contribution in [3.8, 4) is 0 Å². The second kappa shape index (κ2) is 7.28. The molecule has 7 heteroatoms. The van der Waals surface area contributed by atoms with Crippen LogP contribution in [0.4, 0.5) is 0 Å². The molecule has 1 unspecified atom stereocenters. The fourth-order valence-corrected chi connectivity index (χ4v) is 2.27. The summed E-state index contributed by atoms with van der Waals surface area (Å²) in [6, 6.07) is 0.329. The maximum absolute atomic E-state index is 6.11. The summed E-state index contributed by atoms with van der Waals surface area (Å²) in [5.74, 6) is 0. The third-order valence-corrected chi connectivity index (χ3v) is 3.50. The smallest absolute Gasteiger partial charge is 0.137 e. The van der Waals surface area contributed by atoms with Gasteiger partial charge in [-0.15, -0.1) is 24.8 Å². The predicted molar refractivity (Wildman–Crippen MR) is 77.3 cm³/mol. The topological polar surface area (TPSA) is 60.0 Å². The number of aromatic nitrogens is 3. The van der Waals surface area contributed by atoms with E-state index in [4.69, 9.17) is 5.73 Å². The molecule has 1 atom stereocenters. The fraction of sp³-hybridized carbons (Fsp3) is 0.818. The molecule has 18 heavy (non-hydrogen) atoms. The zero-order valence-electron chi connectivity index (χ0n) is 11.0. The summed E-state index contributed by atoms with van der Waals surface area (Å²) >= 11 is 0. The largest absolute Gasteiger partial charge is 0.327 e. The number of hydrogen-bond donors (Lipinski definition) is 1. The molecule has 0 amide bonds. The minimum Gasteiger partial charge on any atom is -0.327 e. The maximum Gasteiger partial charge on any atom is 0.137 e. The molecular weight excluding hydrogens is 273 g/mol. The standard InChI is InChI=1S/C11H21N5.2ClH/c1-11(2)7-15(4-3-10(11)12)5-6-16-9-13-8-14-16;;/h8-10H,3-7,12H2,1-2H3;2*1H. The molecule has 2 N–H and O–H groups in total. The van der Waals surface area contributed by atoms with Crippen molar-refractivity contribution in [3.05, 3.63) is 12.7 Å². The molecule has 1 aromatic rings. The first-order valence-electron chi connectivity index (χ1n) is 5.88. The zero-order valence-corrected chi connectivity index (χ0v) is 12.6. The van der Waals surface area contributed by atoms with Crippen molar-refractivity contribution in [2.24, 2.45) is 11.1 Å². The molecule has 0 aliphatic carbocycles. The summed E-state index contributed by atoms with van der Waals surface area (Å²) in [6.45, 7) is 8.60. The minimum absolute atomic E-state index is 0. The lowest BCUT2D eigenvalue weighted by molar-refractivity contribution is 0.0917. The Labute approximate surface area is 121 Å². The second-order valence-corrected chi connectivity index (χ2v) is 5.32. The van der Waals surface area contributed by atoms with Crippen molar-refractivity contribution in [2.75, 3.05) is 19.6 Å². The van der Waals surface area contributed by atoms with E-state index in [1.807, 2.05) is 4.68 Å². The molecule has 1 aliphatic rings. The van der Waals surface area contributed by atoms with Gasteiger partial charge in [0.2, 0.25) is 0 Å². The fourth-order valence-electron chi connectivity index (χ4n) is 2.27. The molecule has 0 aromatic carbocycles. The van der Waals surface area contributed by atoms with E-state index in [1.54, 1.807) is 12.7 Å². The van der Waals surface area contributed by atoms with Gasteiger partial charge in [-0.05, 0) is 18.4 Å². The van der Waals surface area contributed by atoms with Crippen LogP contribution < -0.4 is 5.73 Å². The second-order valence-electron chi connectivity index (χ2n) is 5.32. The molecule has 0 spiro atoms. The molecule has 0 saturated carbocycles. The molecule has 1 saturated heterocycles. The number of halogens is 2.